The second-order valence-corrected chi connectivity index (χ2v) is 7.53. The molecule has 1 aromatic heterocycles. The first-order chi connectivity index (χ1) is 14.3. The van der Waals surface area contributed by atoms with Crippen LogP contribution in [0.2, 0.25) is 0 Å². The molecule has 0 spiro atoms. The minimum Gasteiger partial charge on any atom is -0.493 e. The molecule has 0 bridgehead atoms. The van der Waals surface area contributed by atoms with Crippen LogP contribution in [-0.2, 0) is 19.9 Å². The smallest absolute Gasteiger partial charge is 0.205 e. The summed E-state index contributed by atoms with van der Waals surface area (Å²) in [6.07, 6.45) is 10.7. The van der Waals surface area contributed by atoms with Gasteiger partial charge in [0, 0.05) is 37.1 Å². The van der Waals surface area contributed by atoms with Gasteiger partial charge in [0.1, 0.15) is 18.5 Å². The summed E-state index contributed by atoms with van der Waals surface area (Å²) >= 11 is 0. The lowest BCUT2D eigenvalue weighted by Crippen LogP contribution is -2.35. The van der Waals surface area contributed by atoms with Crippen LogP contribution >= 0.6 is 0 Å². The lowest BCUT2D eigenvalue weighted by atomic mass is 10.1. The van der Waals surface area contributed by atoms with Gasteiger partial charge in [-0.05, 0) is 64.7 Å². The Morgan fingerprint density at radius 1 is 0.690 bits per heavy atom. The van der Waals surface area contributed by atoms with Gasteiger partial charge in [-0.3, -0.25) is 0 Å². The Balaban J connectivity index is 1.37. The Morgan fingerprint density at radius 3 is 1.72 bits per heavy atom. The van der Waals surface area contributed by atoms with Crippen molar-refractivity contribution in [2.45, 2.75) is 12.8 Å². The fourth-order valence-electron chi connectivity index (χ4n) is 3.94. The number of ether oxygens (including phenoxy) is 2. The van der Waals surface area contributed by atoms with Crippen molar-refractivity contribution in [3.8, 4) is 11.5 Å². The topological polar surface area (TPSA) is 22.3 Å². The predicted molar refractivity (Wildman–Crippen MR) is 117 cm³/mol. The maximum atomic E-state index is 5.60. The Hall–Kier alpha value is -3.33. The fourth-order valence-corrected chi connectivity index (χ4v) is 3.94. The first kappa shape index (κ1) is 17.7. The summed E-state index contributed by atoms with van der Waals surface area (Å²) in [4.78, 5) is 0. The average molecular weight is 382 g/mol. The van der Waals surface area contributed by atoms with Gasteiger partial charge >= 0.3 is 0 Å². The zero-order valence-corrected chi connectivity index (χ0v) is 16.6. The SMILES string of the molecule is C[n+]1c(/C=C/c2ccc3c(c2)CCO3)cccc1/C=C/c1ccc2c(c1)CCO2. The van der Waals surface area contributed by atoms with Crippen LogP contribution in [0, 0.1) is 0 Å². The molecule has 2 aromatic carbocycles. The molecule has 0 saturated heterocycles. The molecule has 3 heteroatoms. The zero-order valence-electron chi connectivity index (χ0n) is 16.6. The van der Waals surface area contributed by atoms with Crippen molar-refractivity contribution >= 4 is 24.3 Å². The average Bonchev–Trinajstić information content (AvgIpc) is 3.40. The van der Waals surface area contributed by atoms with E-state index in [9.17, 15) is 0 Å². The molecule has 5 rings (SSSR count). The molecule has 3 heterocycles. The molecule has 0 atom stereocenters. The van der Waals surface area contributed by atoms with Crippen LogP contribution in [0.25, 0.3) is 24.3 Å². The number of hydrogen-bond acceptors (Lipinski definition) is 2. The number of rotatable bonds is 4. The second kappa shape index (κ2) is 7.59. The van der Waals surface area contributed by atoms with Gasteiger partial charge in [0.2, 0.25) is 11.4 Å². The predicted octanol–water partition coefficient (Wildman–Crippen LogP) is 4.72. The highest BCUT2D eigenvalue weighted by Gasteiger charge is 2.13. The van der Waals surface area contributed by atoms with E-state index >= 15 is 0 Å². The quantitative estimate of drug-likeness (QED) is 0.609. The van der Waals surface area contributed by atoms with E-state index in [0.717, 1.165) is 48.9 Å². The molecular weight excluding hydrogens is 358 g/mol. The molecule has 2 aliphatic heterocycles. The van der Waals surface area contributed by atoms with Gasteiger partial charge in [-0.2, -0.15) is 4.57 Å². The minimum atomic E-state index is 0.795. The first-order valence-electron chi connectivity index (χ1n) is 10.1. The van der Waals surface area contributed by atoms with Crippen LogP contribution < -0.4 is 14.0 Å². The number of hydrogen-bond donors (Lipinski definition) is 0. The van der Waals surface area contributed by atoms with E-state index in [-0.39, 0.29) is 0 Å². The van der Waals surface area contributed by atoms with E-state index in [1.807, 2.05) is 0 Å². The summed E-state index contributed by atoms with van der Waals surface area (Å²) in [6, 6.07) is 19.2. The third kappa shape index (κ3) is 3.68. The van der Waals surface area contributed by atoms with Crippen molar-refractivity contribution in [1.29, 1.82) is 0 Å². The molecule has 2 aliphatic rings. The van der Waals surface area contributed by atoms with Crippen LogP contribution in [0.5, 0.6) is 11.5 Å². The molecule has 0 N–H and O–H groups in total. The van der Waals surface area contributed by atoms with Gasteiger partial charge in [-0.1, -0.05) is 12.1 Å². The lowest BCUT2D eigenvalue weighted by Gasteiger charge is -2.01. The maximum Gasteiger partial charge on any atom is 0.205 e. The summed E-state index contributed by atoms with van der Waals surface area (Å²) in [5.41, 5.74) is 7.32. The highest BCUT2D eigenvalue weighted by molar-refractivity contribution is 5.70. The Morgan fingerprint density at radius 2 is 1.21 bits per heavy atom. The number of fused-ring (bicyclic) bond motifs is 2. The standard InChI is InChI=1S/C26H24NO2/c1-27-23(9-5-19-7-11-25-21(17-19)13-15-28-25)3-2-4-24(27)10-6-20-8-12-26-22(18-20)14-16-29-26/h2-12,17-18H,13-16H2,1H3/q+1/b9-5+,10-6+. The zero-order chi connectivity index (χ0) is 19.6. The molecule has 0 radical (unpaired) electrons. The van der Waals surface area contributed by atoms with Crippen LogP contribution in [-0.4, -0.2) is 13.2 Å². The molecule has 144 valence electrons. The van der Waals surface area contributed by atoms with E-state index < -0.39 is 0 Å². The summed E-state index contributed by atoms with van der Waals surface area (Å²) in [6.45, 7) is 1.59. The van der Waals surface area contributed by atoms with Crippen molar-refractivity contribution in [2.75, 3.05) is 13.2 Å². The number of benzene rings is 2. The molecular formula is C26H24NO2+. The van der Waals surface area contributed by atoms with Crippen LogP contribution in [0.1, 0.15) is 33.6 Å². The van der Waals surface area contributed by atoms with Crippen molar-refractivity contribution in [2.24, 2.45) is 7.05 Å². The Labute approximate surface area is 171 Å². The molecule has 3 aromatic rings. The fraction of sp³-hybridized carbons (Fsp3) is 0.192. The third-order valence-electron chi connectivity index (χ3n) is 5.63. The number of nitrogens with zero attached hydrogens (tertiary/aromatic N) is 1. The maximum absolute atomic E-state index is 5.60. The summed E-state index contributed by atoms with van der Waals surface area (Å²) in [7, 11) is 2.10. The Kier molecular flexibility index (Phi) is 4.65. The molecule has 0 fully saturated rings. The van der Waals surface area contributed by atoms with E-state index in [1.165, 1.54) is 22.3 Å². The van der Waals surface area contributed by atoms with Crippen molar-refractivity contribution in [3.63, 3.8) is 0 Å². The largest absolute Gasteiger partial charge is 0.493 e. The summed E-state index contributed by atoms with van der Waals surface area (Å²) in [5.74, 6) is 2.05. The Bertz CT molecular complexity index is 1040. The number of aromatic nitrogens is 1. The third-order valence-corrected chi connectivity index (χ3v) is 5.63. The van der Waals surface area contributed by atoms with Gasteiger partial charge < -0.3 is 9.47 Å². The van der Waals surface area contributed by atoms with Gasteiger partial charge in [0.15, 0.2) is 0 Å². The van der Waals surface area contributed by atoms with Gasteiger partial charge in [-0.25, -0.2) is 0 Å². The molecule has 0 amide bonds. The van der Waals surface area contributed by atoms with E-state index in [1.54, 1.807) is 0 Å². The van der Waals surface area contributed by atoms with Gasteiger partial charge in [0.25, 0.3) is 0 Å². The summed E-state index contributed by atoms with van der Waals surface area (Å²) < 4.78 is 13.4. The van der Waals surface area contributed by atoms with E-state index in [4.69, 9.17) is 9.47 Å². The van der Waals surface area contributed by atoms with Crippen LogP contribution in [0.4, 0.5) is 0 Å². The van der Waals surface area contributed by atoms with Crippen molar-refractivity contribution < 1.29 is 14.0 Å². The first-order valence-corrected chi connectivity index (χ1v) is 10.1. The highest BCUT2D eigenvalue weighted by atomic mass is 16.5. The van der Waals surface area contributed by atoms with E-state index in [0.29, 0.717) is 0 Å². The number of pyridine rings is 1. The monoisotopic (exact) mass is 382 g/mol. The second-order valence-electron chi connectivity index (χ2n) is 7.53. The molecule has 0 unspecified atom stereocenters. The highest BCUT2D eigenvalue weighted by Crippen LogP contribution is 2.27. The molecule has 0 saturated carbocycles. The molecule has 29 heavy (non-hydrogen) atoms. The molecule has 0 aliphatic carbocycles. The van der Waals surface area contributed by atoms with Crippen LogP contribution in [0.15, 0.2) is 54.6 Å². The summed E-state index contributed by atoms with van der Waals surface area (Å²) in [5, 5.41) is 0. The van der Waals surface area contributed by atoms with Crippen LogP contribution in [0.3, 0.4) is 0 Å². The van der Waals surface area contributed by atoms with Gasteiger partial charge in [-0.15, -0.1) is 0 Å². The van der Waals surface area contributed by atoms with Gasteiger partial charge in [0.05, 0.1) is 13.2 Å². The molecule has 3 nitrogen and oxygen atoms in total. The van der Waals surface area contributed by atoms with Crippen molar-refractivity contribution in [3.05, 3.63) is 88.2 Å². The lowest BCUT2D eigenvalue weighted by molar-refractivity contribution is -0.675. The van der Waals surface area contributed by atoms with Crippen molar-refractivity contribution in [1.82, 2.24) is 0 Å². The normalized spacial score (nSPS) is 14.8. The minimum absolute atomic E-state index is 0.795. The van der Waals surface area contributed by atoms with E-state index in [2.05, 4.69) is 90.5 Å².